The van der Waals surface area contributed by atoms with Crippen LogP contribution in [0, 0.1) is 0 Å². The molecule has 0 spiro atoms. The number of carbonyl (C=O) groups is 1. The molecule has 2 N–H and O–H groups in total. The van der Waals surface area contributed by atoms with Crippen molar-refractivity contribution in [1.82, 2.24) is 14.7 Å². The van der Waals surface area contributed by atoms with Crippen molar-refractivity contribution in [2.75, 3.05) is 31.6 Å². The van der Waals surface area contributed by atoms with E-state index in [0.29, 0.717) is 38.2 Å². The molecule has 0 bridgehead atoms. The van der Waals surface area contributed by atoms with E-state index >= 15 is 0 Å². The maximum atomic E-state index is 12.1. The molecule has 0 radical (unpaired) electrons. The first-order valence-corrected chi connectivity index (χ1v) is 8.44. The molecule has 2 aromatic rings. The van der Waals surface area contributed by atoms with Gasteiger partial charge in [-0.3, -0.25) is 14.4 Å². The summed E-state index contributed by atoms with van der Waals surface area (Å²) in [5.41, 5.74) is -0.149. The average molecular weight is 344 g/mol. The number of nitrogens with zero attached hydrogens (tertiary/aromatic N) is 3. The van der Waals surface area contributed by atoms with E-state index in [4.69, 9.17) is 4.74 Å². The average Bonchev–Trinajstić information content (AvgIpc) is 3.01. The maximum absolute atomic E-state index is 12.1. The van der Waals surface area contributed by atoms with E-state index in [1.165, 1.54) is 0 Å². The molecule has 1 aromatic heterocycles. The number of para-hydroxylation sites is 1. The summed E-state index contributed by atoms with van der Waals surface area (Å²) in [7, 11) is 1.80. The minimum atomic E-state index is -0.841. The lowest BCUT2D eigenvalue weighted by molar-refractivity contribution is -0.119. The zero-order valence-electron chi connectivity index (χ0n) is 14.4. The highest BCUT2D eigenvalue weighted by molar-refractivity contribution is 5.91. The molecule has 3 rings (SSSR count). The molecule has 1 aromatic carbocycles. The first-order chi connectivity index (χ1) is 12.0. The summed E-state index contributed by atoms with van der Waals surface area (Å²) >= 11 is 0. The van der Waals surface area contributed by atoms with Gasteiger partial charge in [-0.15, -0.1) is 0 Å². The minimum absolute atomic E-state index is 0.0704. The molecule has 1 aliphatic heterocycles. The van der Waals surface area contributed by atoms with E-state index in [1.807, 2.05) is 35.2 Å². The number of aliphatic hydroxyl groups is 1. The first kappa shape index (κ1) is 17.4. The lowest BCUT2D eigenvalue weighted by atomic mass is 9.92. The smallest absolute Gasteiger partial charge is 0.238 e. The number of amides is 1. The summed E-state index contributed by atoms with van der Waals surface area (Å²) in [6.07, 6.45) is 4.54. The minimum Gasteiger partial charge on any atom is -0.491 e. The standard InChI is InChI=1S/C18H24N4O3/c1-21-12-15(11-19-21)20-17(23)13-22-9-7-18(24,8-10-22)14-25-16-5-3-2-4-6-16/h2-6,11-12,24H,7-10,13-14H2,1H3,(H,20,23). The zero-order valence-corrected chi connectivity index (χ0v) is 14.4. The van der Waals surface area contributed by atoms with Crippen LogP contribution < -0.4 is 10.1 Å². The van der Waals surface area contributed by atoms with Gasteiger partial charge in [0.25, 0.3) is 0 Å². The molecule has 2 heterocycles. The molecule has 7 nitrogen and oxygen atoms in total. The fraction of sp³-hybridized carbons (Fsp3) is 0.444. The highest BCUT2D eigenvalue weighted by atomic mass is 16.5. The number of anilines is 1. The number of aromatic nitrogens is 2. The molecular weight excluding hydrogens is 320 g/mol. The lowest BCUT2D eigenvalue weighted by Gasteiger charge is -2.37. The van der Waals surface area contributed by atoms with Crippen LogP contribution >= 0.6 is 0 Å². The predicted molar refractivity (Wildman–Crippen MR) is 94.4 cm³/mol. The highest BCUT2D eigenvalue weighted by Gasteiger charge is 2.33. The Hall–Kier alpha value is -2.38. The van der Waals surface area contributed by atoms with Crippen molar-refractivity contribution in [3.05, 3.63) is 42.7 Å². The molecule has 134 valence electrons. The van der Waals surface area contributed by atoms with Gasteiger partial charge in [0, 0.05) is 26.3 Å². The van der Waals surface area contributed by atoms with Crippen molar-refractivity contribution < 1.29 is 14.6 Å². The molecule has 7 heteroatoms. The molecule has 1 fully saturated rings. The molecule has 0 unspecified atom stereocenters. The second kappa shape index (κ2) is 7.67. The molecule has 0 saturated carbocycles. The van der Waals surface area contributed by atoms with Crippen LogP contribution in [0.1, 0.15) is 12.8 Å². The predicted octanol–water partition coefficient (Wildman–Crippen LogP) is 1.26. The summed E-state index contributed by atoms with van der Waals surface area (Å²) in [5, 5.41) is 17.5. The van der Waals surface area contributed by atoms with Gasteiger partial charge in [-0.05, 0) is 25.0 Å². The van der Waals surface area contributed by atoms with Crippen LogP contribution in [0.15, 0.2) is 42.7 Å². The zero-order chi connectivity index (χ0) is 17.7. The summed E-state index contributed by atoms with van der Waals surface area (Å²) in [4.78, 5) is 14.1. The number of hydrogen-bond acceptors (Lipinski definition) is 5. The van der Waals surface area contributed by atoms with Gasteiger partial charge in [-0.2, -0.15) is 5.10 Å². The van der Waals surface area contributed by atoms with Crippen molar-refractivity contribution in [2.45, 2.75) is 18.4 Å². The third kappa shape index (κ3) is 5.04. The summed E-state index contributed by atoms with van der Waals surface area (Å²) in [5.74, 6) is 0.688. The van der Waals surface area contributed by atoms with Crippen LogP contribution in [-0.2, 0) is 11.8 Å². The fourth-order valence-corrected chi connectivity index (χ4v) is 2.90. The summed E-state index contributed by atoms with van der Waals surface area (Å²) in [6.45, 7) is 1.90. The Balaban J connectivity index is 1.42. The van der Waals surface area contributed by atoms with Gasteiger partial charge in [0.15, 0.2) is 0 Å². The van der Waals surface area contributed by atoms with E-state index in [-0.39, 0.29) is 12.5 Å². The van der Waals surface area contributed by atoms with Crippen molar-refractivity contribution in [2.24, 2.45) is 7.05 Å². The summed E-state index contributed by atoms with van der Waals surface area (Å²) < 4.78 is 7.33. The molecule has 1 amide bonds. The SMILES string of the molecule is Cn1cc(NC(=O)CN2CCC(O)(COc3ccccc3)CC2)cn1. The number of ether oxygens (including phenoxy) is 1. The second-order valence-corrected chi connectivity index (χ2v) is 6.55. The monoisotopic (exact) mass is 344 g/mol. The van der Waals surface area contributed by atoms with Crippen LogP contribution in [0.5, 0.6) is 5.75 Å². The topological polar surface area (TPSA) is 79.6 Å². The number of carbonyl (C=O) groups excluding carboxylic acids is 1. The second-order valence-electron chi connectivity index (χ2n) is 6.55. The van der Waals surface area contributed by atoms with Crippen LogP contribution in [0.4, 0.5) is 5.69 Å². The van der Waals surface area contributed by atoms with Crippen LogP contribution in [-0.4, -0.2) is 57.5 Å². The van der Waals surface area contributed by atoms with Crippen LogP contribution in [0.2, 0.25) is 0 Å². The normalized spacial score (nSPS) is 17.2. The molecule has 25 heavy (non-hydrogen) atoms. The van der Waals surface area contributed by atoms with Gasteiger partial charge in [0.1, 0.15) is 18.0 Å². The van der Waals surface area contributed by atoms with Gasteiger partial charge in [-0.25, -0.2) is 0 Å². The van der Waals surface area contributed by atoms with E-state index in [2.05, 4.69) is 10.4 Å². The van der Waals surface area contributed by atoms with Crippen molar-refractivity contribution in [1.29, 1.82) is 0 Å². The highest BCUT2D eigenvalue weighted by Crippen LogP contribution is 2.23. The Kier molecular flexibility index (Phi) is 5.35. The third-order valence-electron chi connectivity index (χ3n) is 4.39. The Labute approximate surface area is 147 Å². The van der Waals surface area contributed by atoms with Gasteiger partial charge in [0.05, 0.1) is 18.4 Å². The Morgan fingerprint density at radius 1 is 1.32 bits per heavy atom. The molecule has 1 aliphatic rings. The maximum Gasteiger partial charge on any atom is 0.238 e. The van der Waals surface area contributed by atoms with Crippen LogP contribution in [0.3, 0.4) is 0 Å². The number of hydrogen-bond donors (Lipinski definition) is 2. The largest absolute Gasteiger partial charge is 0.491 e. The van der Waals surface area contributed by atoms with E-state index in [0.717, 1.165) is 5.75 Å². The number of likely N-dealkylation sites (tertiary alicyclic amines) is 1. The van der Waals surface area contributed by atoms with Crippen molar-refractivity contribution in [3.8, 4) is 5.75 Å². The van der Waals surface area contributed by atoms with E-state index in [9.17, 15) is 9.90 Å². The molecular formula is C18H24N4O3. The Morgan fingerprint density at radius 3 is 2.68 bits per heavy atom. The van der Waals surface area contributed by atoms with Gasteiger partial charge < -0.3 is 15.2 Å². The Bertz CT molecular complexity index is 693. The van der Waals surface area contributed by atoms with Gasteiger partial charge in [0.2, 0.25) is 5.91 Å². The molecule has 1 saturated heterocycles. The lowest BCUT2D eigenvalue weighted by Crippen LogP contribution is -2.49. The van der Waals surface area contributed by atoms with E-state index in [1.54, 1.807) is 24.1 Å². The number of aryl methyl sites for hydroxylation is 1. The molecule has 0 atom stereocenters. The quantitative estimate of drug-likeness (QED) is 0.825. The van der Waals surface area contributed by atoms with Crippen LogP contribution in [0.25, 0.3) is 0 Å². The number of benzene rings is 1. The fourth-order valence-electron chi connectivity index (χ4n) is 2.90. The van der Waals surface area contributed by atoms with E-state index < -0.39 is 5.60 Å². The van der Waals surface area contributed by atoms with Gasteiger partial charge >= 0.3 is 0 Å². The van der Waals surface area contributed by atoms with Crippen molar-refractivity contribution in [3.63, 3.8) is 0 Å². The number of nitrogens with one attached hydrogen (secondary N) is 1. The third-order valence-corrected chi connectivity index (χ3v) is 4.39. The molecule has 0 aliphatic carbocycles. The first-order valence-electron chi connectivity index (χ1n) is 8.44. The summed E-state index contributed by atoms with van der Waals surface area (Å²) in [6, 6.07) is 9.49. The Morgan fingerprint density at radius 2 is 2.04 bits per heavy atom. The van der Waals surface area contributed by atoms with Gasteiger partial charge in [-0.1, -0.05) is 18.2 Å². The number of piperidine rings is 1. The van der Waals surface area contributed by atoms with Crippen molar-refractivity contribution >= 4 is 11.6 Å². The number of rotatable bonds is 6.